The van der Waals surface area contributed by atoms with E-state index >= 15 is 0 Å². The summed E-state index contributed by atoms with van der Waals surface area (Å²) < 4.78 is 17.8. The van der Waals surface area contributed by atoms with Gasteiger partial charge in [-0.25, -0.2) is 0 Å². The zero-order valence-corrected chi connectivity index (χ0v) is 19.4. The van der Waals surface area contributed by atoms with Crippen LogP contribution in [0.4, 0.5) is 0 Å². The number of carbonyl (C=O) groups is 2. The number of ether oxygens (including phenoxy) is 2. The molecular weight excluding hydrogens is 422 g/mol. The quantitative estimate of drug-likeness (QED) is 0.393. The number of furan rings is 1. The lowest BCUT2D eigenvalue weighted by Gasteiger charge is -2.27. The van der Waals surface area contributed by atoms with Gasteiger partial charge in [-0.05, 0) is 55.0 Å². The third-order valence-corrected chi connectivity index (χ3v) is 5.41. The molecule has 0 saturated heterocycles. The van der Waals surface area contributed by atoms with Crippen LogP contribution in [0.5, 0.6) is 5.75 Å². The van der Waals surface area contributed by atoms with Crippen molar-refractivity contribution in [2.75, 3.05) is 33.9 Å². The van der Waals surface area contributed by atoms with Crippen LogP contribution >= 0.6 is 0 Å². The van der Waals surface area contributed by atoms with Crippen LogP contribution in [0.2, 0.25) is 0 Å². The molecule has 0 aliphatic carbocycles. The van der Waals surface area contributed by atoms with Crippen LogP contribution in [-0.2, 0) is 29.7 Å². The molecule has 0 aliphatic heterocycles. The normalized spacial score (nSPS) is 10.8. The molecule has 0 bridgehead atoms. The molecule has 3 aromatic rings. The van der Waals surface area contributed by atoms with Crippen LogP contribution in [-0.4, -0.2) is 60.1 Å². The number of carbonyl (C=O) groups excluding carboxylic acids is 2. The molecule has 2 aromatic heterocycles. The Morgan fingerprint density at radius 2 is 1.79 bits per heavy atom. The molecule has 0 radical (unpaired) electrons. The number of hydrogen-bond donors (Lipinski definition) is 0. The predicted octanol–water partition coefficient (Wildman–Crippen LogP) is 3.33. The fraction of sp³-hybridized carbons (Fsp3) is 0.360. The first-order valence-electron chi connectivity index (χ1n) is 10.8. The highest BCUT2D eigenvalue weighted by Gasteiger charge is 2.24. The number of methoxy groups -OCH3 is 2. The van der Waals surface area contributed by atoms with E-state index in [1.165, 1.54) is 0 Å². The summed E-state index contributed by atoms with van der Waals surface area (Å²) in [5, 5.41) is 0. The van der Waals surface area contributed by atoms with E-state index in [0.717, 1.165) is 5.69 Å². The van der Waals surface area contributed by atoms with Crippen LogP contribution in [0.25, 0.3) is 0 Å². The Morgan fingerprint density at radius 1 is 1.00 bits per heavy atom. The van der Waals surface area contributed by atoms with Gasteiger partial charge in [-0.1, -0.05) is 0 Å². The Bertz CT molecular complexity index is 1010. The second-order valence-corrected chi connectivity index (χ2v) is 7.74. The minimum Gasteiger partial charge on any atom is -0.497 e. The molecule has 2 heterocycles. The first kappa shape index (κ1) is 24.1. The standard InChI is InChI=1S/C25H31N3O5/c1-26-13-4-7-21(26)17-28(18-23-8-5-16-33-23)24(29)19-27(14-6-15-31-2)25(30)20-9-11-22(32-3)12-10-20/h4-5,7-13,16H,6,14-15,17-19H2,1-3H3. The Kier molecular flexibility index (Phi) is 8.71. The van der Waals surface area contributed by atoms with E-state index in [9.17, 15) is 9.59 Å². The average Bonchev–Trinajstić information content (AvgIpc) is 3.49. The van der Waals surface area contributed by atoms with Crippen molar-refractivity contribution in [2.24, 2.45) is 7.05 Å². The van der Waals surface area contributed by atoms with Crippen molar-refractivity contribution in [3.05, 3.63) is 78.0 Å². The molecule has 8 heteroatoms. The molecule has 0 fully saturated rings. The van der Waals surface area contributed by atoms with Gasteiger partial charge in [-0.2, -0.15) is 0 Å². The van der Waals surface area contributed by atoms with E-state index in [4.69, 9.17) is 13.9 Å². The van der Waals surface area contributed by atoms with Crippen molar-refractivity contribution in [1.29, 1.82) is 0 Å². The van der Waals surface area contributed by atoms with Crippen LogP contribution < -0.4 is 4.74 Å². The Labute approximate surface area is 194 Å². The van der Waals surface area contributed by atoms with Crippen molar-refractivity contribution in [3.63, 3.8) is 0 Å². The zero-order valence-electron chi connectivity index (χ0n) is 19.4. The third-order valence-electron chi connectivity index (χ3n) is 5.41. The molecular formula is C25H31N3O5. The third kappa shape index (κ3) is 6.73. The fourth-order valence-corrected chi connectivity index (χ4v) is 3.51. The summed E-state index contributed by atoms with van der Waals surface area (Å²) in [6.45, 7) is 1.59. The molecule has 2 amide bonds. The van der Waals surface area contributed by atoms with Gasteiger partial charge in [0, 0.05) is 44.8 Å². The predicted molar refractivity (Wildman–Crippen MR) is 124 cm³/mol. The first-order chi connectivity index (χ1) is 16.0. The van der Waals surface area contributed by atoms with Gasteiger partial charge in [0.25, 0.3) is 5.91 Å². The maximum absolute atomic E-state index is 13.4. The number of amides is 2. The van der Waals surface area contributed by atoms with Gasteiger partial charge in [0.15, 0.2) is 0 Å². The zero-order chi connectivity index (χ0) is 23.6. The van der Waals surface area contributed by atoms with Gasteiger partial charge in [0.1, 0.15) is 18.1 Å². The molecule has 0 atom stereocenters. The molecule has 33 heavy (non-hydrogen) atoms. The SMILES string of the molecule is COCCCN(CC(=O)N(Cc1ccco1)Cc1cccn1C)C(=O)c1ccc(OC)cc1. The second-order valence-electron chi connectivity index (χ2n) is 7.74. The van der Waals surface area contributed by atoms with Gasteiger partial charge >= 0.3 is 0 Å². The summed E-state index contributed by atoms with van der Waals surface area (Å²) in [6.07, 6.45) is 4.15. The van der Waals surface area contributed by atoms with E-state index < -0.39 is 0 Å². The van der Waals surface area contributed by atoms with E-state index in [-0.39, 0.29) is 18.4 Å². The molecule has 1 aromatic carbocycles. The molecule has 0 spiro atoms. The monoisotopic (exact) mass is 453 g/mol. The smallest absolute Gasteiger partial charge is 0.254 e. The molecule has 0 N–H and O–H groups in total. The highest BCUT2D eigenvalue weighted by atomic mass is 16.5. The van der Waals surface area contributed by atoms with Gasteiger partial charge in [-0.3, -0.25) is 9.59 Å². The van der Waals surface area contributed by atoms with Crippen molar-refractivity contribution >= 4 is 11.8 Å². The van der Waals surface area contributed by atoms with Crippen molar-refractivity contribution in [1.82, 2.24) is 14.4 Å². The molecule has 0 saturated carbocycles. The summed E-state index contributed by atoms with van der Waals surface area (Å²) in [6, 6.07) is 14.4. The van der Waals surface area contributed by atoms with E-state index in [2.05, 4.69) is 0 Å². The molecule has 0 aliphatic rings. The highest BCUT2D eigenvalue weighted by molar-refractivity contribution is 5.96. The summed E-state index contributed by atoms with van der Waals surface area (Å²) in [5.41, 5.74) is 1.49. The van der Waals surface area contributed by atoms with Crippen molar-refractivity contribution in [2.45, 2.75) is 19.5 Å². The minimum absolute atomic E-state index is 0.0420. The second kappa shape index (κ2) is 11.9. The summed E-state index contributed by atoms with van der Waals surface area (Å²) in [5.74, 6) is 0.983. The lowest BCUT2D eigenvalue weighted by Crippen LogP contribution is -2.43. The Morgan fingerprint density at radius 3 is 2.39 bits per heavy atom. The number of rotatable bonds is 12. The molecule has 3 rings (SSSR count). The van der Waals surface area contributed by atoms with Gasteiger partial charge < -0.3 is 28.3 Å². The van der Waals surface area contributed by atoms with Crippen LogP contribution in [0, 0.1) is 0 Å². The van der Waals surface area contributed by atoms with E-state index in [1.54, 1.807) is 60.6 Å². The maximum atomic E-state index is 13.4. The topological polar surface area (TPSA) is 77.2 Å². The molecule has 0 unspecified atom stereocenters. The van der Waals surface area contributed by atoms with E-state index in [0.29, 0.717) is 49.7 Å². The lowest BCUT2D eigenvalue weighted by molar-refractivity contribution is -0.133. The number of benzene rings is 1. The average molecular weight is 454 g/mol. The number of nitrogens with zero attached hydrogens (tertiary/aromatic N) is 3. The maximum Gasteiger partial charge on any atom is 0.254 e. The summed E-state index contributed by atoms with van der Waals surface area (Å²) in [7, 11) is 5.13. The number of hydrogen-bond acceptors (Lipinski definition) is 5. The fourth-order valence-electron chi connectivity index (χ4n) is 3.51. The molecule has 176 valence electrons. The highest BCUT2D eigenvalue weighted by Crippen LogP contribution is 2.15. The van der Waals surface area contributed by atoms with Crippen LogP contribution in [0.1, 0.15) is 28.2 Å². The Balaban J connectivity index is 1.78. The molecule has 8 nitrogen and oxygen atoms in total. The lowest BCUT2D eigenvalue weighted by atomic mass is 10.2. The van der Waals surface area contributed by atoms with Gasteiger partial charge in [-0.15, -0.1) is 0 Å². The largest absolute Gasteiger partial charge is 0.497 e. The van der Waals surface area contributed by atoms with Crippen molar-refractivity contribution < 1.29 is 23.5 Å². The Hall–Kier alpha value is -3.52. The van der Waals surface area contributed by atoms with Gasteiger partial charge in [0.05, 0.1) is 26.5 Å². The van der Waals surface area contributed by atoms with Crippen LogP contribution in [0.3, 0.4) is 0 Å². The number of aromatic nitrogens is 1. The summed E-state index contributed by atoms with van der Waals surface area (Å²) >= 11 is 0. The minimum atomic E-state index is -0.209. The van der Waals surface area contributed by atoms with Gasteiger partial charge in [0.2, 0.25) is 5.91 Å². The van der Waals surface area contributed by atoms with Crippen LogP contribution in [0.15, 0.2) is 65.4 Å². The summed E-state index contributed by atoms with van der Waals surface area (Å²) in [4.78, 5) is 29.9. The number of aryl methyl sites for hydroxylation is 1. The first-order valence-corrected chi connectivity index (χ1v) is 10.8. The van der Waals surface area contributed by atoms with E-state index in [1.807, 2.05) is 36.0 Å². The van der Waals surface area contributed by atoms with Crippen molar-refractivity contribution in [3.8, 4) is 5.75 Å².